The van der Waals surface area contributed by atoms with Gasteiger partial charge in [-0.2, -0.15) is 0 Å². The van der Waals surface area contributed by atoms with Gasteiger partial charge >= 0.3 is 0 Å². The van der Waals surface area contributed by atoms with Crippen LogP contribution in [0.25, 0.3) is 6.08 Å². The van der Waals surface area contributed by atoms with Crippen LogP contribution in [0.3, 0.4) is 0 Å². The summed E-state index contributed by atoms with van der Waals surface area (Å²) in [5.74, 6) is -0.212. The fraction of sp³-hybridized carbons (Fsp3) is 0.148. The molecule has 1 fully saturated rings. The number of methoxy groups -OCH3 is 1. The lowest BCUT2D eigenvalue weighted by atomic mass is 10.1. The number of nitrogens with one attached hydrogen (secondary N) is 1. The number of hydrogen-bond donors (Lipinski definition) is 1. The van der Waals surface area contributed by atoms with E-state index in [2.05, 4.69) is 5.32 Å². The number of ether oxygens (including phenoxy) is 2. The number of benzene rings is 3. The maximum Gasteiger partial charge on any atom is 0.293 e. The molecule has 3 aromatic carbocycles. The molecule has 0 atom stereocenters. The predicted octanol–water partition coefficient (Wildman–Crippen LogP) is 5.82. The third-order valence-electron chi connectivity index (χ3n) is 5.66. The first-order valence-corrected chi connectivity index (χ1v) is 12.7. The number of halogens is 1. The summed E-state index contributed by atoms with van der Waals surface area (Å²) < 4.78 is 11.0. The Morgan fingerprint density at radius 1 is 1.10 bits per heavy atom. The van der Waals surface area contributed by atoms with Crippen molar-refractivity contribution < 1.29 is 28.8 Å². The molecule has 1 saturated heterocycles. The zero-order valence-electron chi connectivity index (χ0n) is 20.8. The molecule has 3 aromatic rings. The lowest BCUT2D eigenvalue weighted by molar-refractivity contribution is -0.384. The van der Waals surface area contributed by atoms with Gasteiger partial charge in [-0.05, 0) is 65.7 Å². The second-order valence-electron chi connectivity index (χ2n) is 8.40. The van der Waals surface area contributed by atoms with Gasteiger partial charge in [0.25, 0.3) is 22.7 Å². The Balaban J connectivity index is 1.40. The van der Waals surface area contributed by atoms with Crippen molar-refractivity contribution in [3.8, 4) is 11.5 Å². The Bertz CT molecular complexity index is 1490. The van der Waals surface area contributed by atoms with Crippen LogP contribution in [0, 0.1) is 17.0 Å². The molecule has 0 saturated carbocycles. The van der Waals surface area contributed by atoms with Crippen molar-refractivity contribution in [3.63, 3.8) is 0 Å². The minimum atomic E-state index is -0.520. The molecule has 1 N–H and O–H groups in total. The van der Waals surface area contributed by atoms with Crippen LogP contribution < -0.4 is 14.8 Å². The maximum absolute atomic E-state index is 12.9. The number of hydrogen-bond acceptors (Lipinski definition) is 8. The van der Waals surface area contributed by atoms with Crippen LogP contribution in [0.1, 0.15) is 16.7 Å². The van der Waals surface area contributed by atoms with E-state index in [9.17, 15) is 24.5 Å². The van der Waals surface area contributed by atoms with E-state index < -0.39 is 16.1 Å². The molecule has 0 spiro atoms. The maximum atomic E-state index is 12.9. The highest BCUT2D eigenvalue weighted by Crippen LogP contribution is 2.35. The Morgan fingerprint density at radius 2 is 1.85 bits per heavy atom. The lowest BCUT2D eigenvalue weighted by Gasteiger charge is -2.12. The lowest BCUT2D eigenvalue weighted by Crippen LogP contribution is -2.27. The molecule has 1 aliphatic rings. The zero-order chi connectivity index (χ0) is 28.1. The van der Waals surface area contributed by atoms with Gasteiger partial charge in [0.1, 0.15) is 0 Å². The van der Waals surface area contributed by atoms with Gasteiger partial charge in [0.15, 0.2) is 18.1 Å². The van der Waals surface area contributed by atoms with Crippen LogP contribution in [-0.4, -0.2) is 40.6 Å². The van der Waals surface area contributed by atoms with Gasteiger partial charge in [-0.3, -0.25) is 29.4 Å². The summed E-state index contributed by atoms with van der Waals surface area (Å²) in [5, 5.41) is 13.6. The monoisotopic (exact) mass is 567 g/mol. The molecule has 200 valence electrons. The van der Waals surface area contributed by atoms with Gasteiger partial charge in [0.2, 0.25) is 0 Å². The van der Waals surface area contributed by atoms with Crippen molar-refractivity contribution in [2.24, 2.45) is 0 Å². The number of aryl methyl sites for hydroxylation is 1. The number of imide groups is 1. The van der Waals surface area contributed by atoms with Crippen molar-refractivity contribution >= 4 is 57.9 Å². The van der Waals surface area contributed by atoms with Gasteiger partial charge in [-0.1, -0.05) is 35.9 Å². The Labute approximate surface area is 232 Å². The molecule has 0 unspecified atom stereocenters. The number of thioether (sulfide) groups is 1. The number of amides is 3. The van der Waals surface area contributed by atoms with Gasteiger partial charge in [-0.25, -0.2) is 0 Å². The number of nitro groups is 1. The van der Waals surface area contributed by atoms with E-state index in [0.717, 1.165) is 22.2 Å². The van der Waals surface area contributed by atoms with Crippen molar-refractivity contribution in [3.05, 3.63) is 97.4 Å². The average molecular weight is 568 g/mol. The van der Waals surface area contributed by atoms with Gasteiger partial charge in [0, 0.05) is 22.8 Å². The van der Waals surface area contributed by atoms with E-state index in [-0.39, 0.29) is 29.7 Å². The number of carbonyl (C=O) groups excluding carboxylic acids is 3. The van der Waals surface area contributed by atoms with Gasteiger partial charge in [-0.15, -0.1) is 0 Å². The molecule has 10 nitrogen and oxygen atoms in total. The molecular formula is C27H22ClN3O7S. The van der Waals surface area contributed by atoms with E-state index in [1.54, 1.807) is 42.5 Å². The van der Waals surface area contributed by atoms with Crippen LogP contribution in [-0.2, 0) is 16.1 Å². The predicted molar refractivity (Wildman–Crippen MR) is 148 cm³/mol. The van der Waals surface area contributed by atoms with Crippen molar-refractivity contribution in [2.75, 3.05) is 19.0 Å². The Morgan fingerprint density at radius 3 is 2.51 bits per heavy atom. The van der Waals surface area contributed by atoms with E-state index in [1.165, 1.54) is 31.4 Å². The quantitative estimate of drug-likeness (QED) is 0.195. The molecule has 12 heteroatoms. The molecule has 1 heterocycles. The molecule has 1 aliphatic heterocycles. The highest BCUT2D eigenvalue weighted by molar-refractivity contribution is 8.18. The Hall–Kier alpha value is -4.35. The largest absolute Gasteiger partial charge is 0.493 e. The zero-order valence-corrected chi connectivity index (χ0v) is 22.4. The Kier molecular flexibility index (Phi) is 8.52. The number of carbonyl (C=O) groups is 3. The molecule has 0 bridgehead atoms. The summed E-state index contributed by atoms with van der Waals surface area (Å²) in [4.78, 5) is 49.3. The van der Waals surface area contributed by atoms with E-state index in [4.69, 9.17) is 21.1 Å². The smallest absolute Gasteiger partial charge is 0.293 e. The highest BCUT2D eigenvalue weighted by atomic mass is 35.5. The van der Waals surface area contributed by atoms with E-state index in [1.807, 2.05) is 6.92 Å². The van der Waals surface area contributed by atoms with Gasteiger partial charge < -0.3 is 14.8 Å². The van der Waals surface area contributed by atoms with Crippen molar-refractivity contribution in [2.45, 2.75) is 13.5 Å². The molecule has 0 radical (unpaired) electrons. The number of nitro benzene ring substituents is 1. The standard InChI is InChI=1S/C27H22ClN3O7S/c1-16-3-7-19(13-21(16)28)29-25(32)15-38-22-10-6-18(11-23(22)37-2)12-24-26(33)30(27(34)39-24)14-17-4-8-20(9-5-17)31(35)36/h3-13H,14-15H2,1-2H3,(H,29,32)/b24-12-. The van der Waals surface area contributed by atoms with Crippen LogP contribution in [0.15, 0.2) is 65.6 Å². The first-order valence-electron chi connectivity index (χ1n) is 11.5. The van der Waals surface area contributed by atoms with Crippen molar-refractivity contribution in [1.82, 2.24) is 4.90 Å². The summed E-state index contributed by atoms with van der Waals surface area (Å²) in [5.41, 5.74) is 2.53. The number of rotatable bonds is 9. The molecular weight excluding hydrogens is 546 g/mol. The third-order valence-corrected chi connectivity index (χ3v) is 6.98. The molecule has 39 heavy (non-hydrogen) atoms. The highest BCUT2D eigenvalue weighted by Gasteiger charge is 2.35. The number of non-ortho nitro benzene ring substituents is 1. The third kappa shape index (κ3) is 6.75. The second kappa shape index (κ2) is 12.0. The second-order valence-corrected chi connectivity index (χ2v) is 9.80. The molecule has 0 aromatic heterocycles. The van der Waals surface area contributed by atoms with Crippen LogP contribution in [0.4, 0.5) is 16.2 Å². The summed E-state index contributed by atoms with van der Waals surface area (Å²) in [6.07, 6.45) is 1.56. The number of nitrogens with zero attached hydrogens (tertiary/aromatic N) is 2. The minimum absolute atomic E-state index is 0.00699. The summed E-state index contributed by atoms with van der Waals surface area (Å²) >= 11 is 6.89. The van der Waals surface area contributed by atoms with Crippen LogP contribution in [0.5, 0.6) is 11.5 Å². The molecule has 4 rings (SSSR count). The van der Waals surface area contributed by atoms with Crippen LogP contribution >= 0.6 is 23.4 Å². The summed E-state index contributed by atoms with van der Waals surface area (Å²) in [6, 6.07) is 15.7. The molecule has 3 amide bonds. The summed E-state index contributed by atoms with van der Waals surface area (Å²) in [6.45, 7) is 1.58. The fourth-order valence-corrected chi connectivity index (χ4v) is 4.62. The number of anilines is 1. The van der Waals surface area contributed by atoms with Crippen LogP contribution in [0.2, 0.25) is 5.02 Å². The first-order chi connectivity index (χ1) is 18.6. The van der Waals surface area contributed by atoms with Gasteiger partial charge in [0.05, 0.1) is 23.5 Å². The fourth-order valence-electron chi connectivity index (χ4n) is 3.60. The topological polar surface area (TPSA) is 128 Å². The van der Waals surface area contributed by atoms with E-state index in [0.29, 0.717) is 33.3 Å². The van der Waals surface area contributed by atoms with E-state index >= 15 is 0 Å². The average Bonchev–Trinajstić information content (AvgIpc) is 3.17. The SMILES string of the molecule is COc1cc(/C=C2\SC(=O)N(Cc3ccc([N+](=O)[O-])cc3)C2=O)ccc1OCC(=O)Nc1ccc(C)c(Cl)c1. The minimum Gasteiger partial charge on any atom is -0.493 e. The summed E-state index contributed by atoms with van der Waals surface area (Å²) in [7, 11) is 1.44. The first kappa shape index (κ1) is 27.7. The molecule has 0 aliphatic carbocycles. The van der Waals surface area contributed by atoms with Crippen molar-refractivity contribution in [1.29, 1.82) is 0 Å². The normalized spacial score (nSPS) is 14.0.